The number of carbonyl (C=O) groups is 1. The second-order valence-corrected chi connectivity index (χ2v) is 4.08. The summed E-state index contributed by atoms with van der Waals surface area (Å²) in [6, 6.07) is 8.58. The predicted molar refractivity (Wildman–Crippen MR) is 64.3 cm³/mol. The third kappa shape index (κ3) is 2.59. The highest BCUT2D eigenvalue weighted by molar-refractivity contribution is 5.71. The molecule has 1 aliphatic rings. The molecule has 1 aromatic rings. The molecule has 4 N–H and O–H groups in total. The summed E-state index contributed by atoms with van der Waals surface area (Å²) < 4.78 is 0. The second kappa shape index (κ2) is 5.09. The minimum Gasteiger partial charge on any atom is -0.329 e. The molecule has 1 fully saturated rings. The third-order valence-electron chi connectivity index (χ3n) is 2.91. The van der Waals surface area contributed by atoms with E-state index in [-0.39, 0.29) is 0 Å². The first-order valence-electron chi connectivity index (χ1n) is 5.58. The van der Waals surface area contributed by atoms with Crippen LogP contribution >= 0.6 is 0 Å². The predicted octanol–water partition coefficient (Wildman–Crippen LogP) is 0.659. The first-order chi connectivity index (χ1) is 7.85. The molecule has 2 rings (SSSR count). The van der Waals surface area contributed by atoms with Gasteiger partial charge in [-0.1, -0.05) is 12.1 Å². The molecule has 0 aliphatic heterocycles. The molecule has 1 aliphatic carbocycles. The van der Waals surface area contributed by atoms with E-state index in [0.717, 1.165) is 12.2 Å². The van der Waals surface area contributed by atoms with Crippen molar-refractivity contribution < 1.29 is 4.79 Å². The summed E-state index contributed by atoms with van der Waals surface area (Å²) in [5.74, 6) is 0.608. The molecule has 4 nitrogen and oxygen atoms in total. The first kappa shape index (κ1) is 11.1. The summed E-state index contributed by atoms with van der Waals surface area (Å²) in [6.45, 7) is 1.57. The maximum absolute atomic E-state index is 10.2. The lowest BCUT2D eigenvalue weighted by Crippen LogP contribution is -2.25. The number of hydrogen-bond donors (Lipinski definition) is 3. The van der Waals surface area contributed by atoms with Gasteiger partial charge in [0.2, 0.25) is 6.41 Å². The van der Waals surface area contributed by atoms with E-state index in [0.29, 0.717) is 24.9 Å². The van der Waals surface area contributed by atoms with Crippen molar-refractivity contribution in [2.24, 2.45) is 5.73 Å². The smallest absolute Gasteiger partial charge is 0.211 e. The SMILES string of the molecule is NCCNC1CC1c1ccc(NC=O)cc1. The number of benzene rings is 1. The van der Waals surface area contributed by atoms with Gasteiger partial charge >= 0.3 is 0 Å². The van der Waals surface area contributed by atoms with Gasteiger partial charge in [-0.05, 0) is 24.1 Å². The van der Waals surface area contributed by atoms with E-state index in [4.69, 9.17) is 5.73 Å². The van der Waals surface area contributed by atoms with Gasteiger partial charge in [0.25, 0.3) is 0 Å². The van der Waals surface area contributed by atoms with Crippen molar-refractivity contribution >= 4 is 12.1 Å². The van der Waals surface area contributed by atoms with Crippen molar-refractivity contribution in [3.8, 4) is 0 Å². The molecule has 0 spiro atoms. The summed E-state index contributed by atoms with van der Waals surface area (Å²) in [6.07, 6.45) is 1.87. The molecule has 0 aromatic heterocycles. The molecule has 1 aromatic carbocycles. The van der Waals surface area contributed by atoms with Gasteiger partial charge in [0.05, 0.1) is 0 Å². The van der Waals surface area contributed by atoms with Crippen molar-refractivity contribution in [2.45, 2.75) is 18.4 Å². The van der Waals surface area contributed by atoms with Gasteiger partial charge in [0.1, 0.15) is 0 Å². The molecule has 0 radical (unpaired) electrons. The van der Waals surface area contributed by atoms with Crippen LogP contribution in [-0.4, -0.2) is 25.5 Å². The summed E-state index contributed by atoms with van der Waals surface area (Å²) in [5, 5.41) is 6.02. The Morgan fingerprint density at radius 2 is 2.12 bits per heavy atom. The van der Waals surface area contributed by atoms with Crippen LogP contribution in [0, 0.1) is 0 Å². The standard InChI is InChI=1S/C12H17N3O/c13-5-6-14-12-7-11(12)9-1-3-10(4-2-9)15-8-16/h1-4,8,11-12,14H,5-7,13H2,(H,15,16). The maximum Gasteiger partial charge on any atom is 0.211 e. The average Bonchev–Trinajstić information content (AvgIpc) is 3.07. The van der Waals surface area contributed by atoms with Crippen LogP contribution in [0.1, 0.15) is 17.9 Å². The Labute approximate surface area is 95.2 Å². The minimum atomic E-state index is 0.577. The van der Waals surface area contributed by atoms with E-state index in [1.165, 1.54) is 12.0 Å². The fourth-order valence-corrected chi connectivity index (χ4v) is 1.95. The zero-order valence-corrected chi connectivity index (χ0v) is 9.15. The van der Waals surface area contributed by atoms with E-state index < -0.39 is 0 Å². The minimum absolute atomic E-state index is 0.577. The van der Waals surface area contributed by atoms with Crippen LogP contribution in [-0.2, 0) is 4.79 Å². The van der Waals surface area contributed by atoms with Crippen molar-refractivity contribution in [2.75, 3.05) is 18.4 Å². The van der Waals surface area contributed by atoms with Crippen molar-refractivity contribution in [1.29, 1.82) is 0 Å². The Balaban J connectivity index is 1.89. The van der Waals surface area contributed by atoms with Crippen LogP contribution in [0.4, 0.5) is 5.69 Å². The van der Waals surface area contributed by atoms with E-state index in [1.54, 1.807) is 0 Å². The molecule has 0 heterocycles. The monoisotopic (exact) mass is 219 g/mol. The Bertz CT molecular complexity index is 350. The summed E-state index contributed by atoms with van der Waals surface area (Å²) >= 11 is 0. The number of nitrogens with one attached hydrogen (secondary N) is 2. The highest BCUT2D eigenvalue weighted by atomic mass is 16.1. The summed E-state index contributed by atoms with van der Waals surface area (Å²) in [7, 11) is 0. The number of hydrogen-bond acceptors (Lipinski definition) is 3. The molecule has 4 heteroatoms. The zero-order chi connectivity index (χ0) is 11.4. The highest BCUT2D eigenvalue weighted by Gasteiger charge is 2.37. The number of nitrogens with two attached hydrogens (primary N) is 1. The Morgan fingerprint density at radius 3 is 2.75 bits per heavy atom. The molecular formula is C12H17N3O. The Kier molecular flexibility index (Phi) is 3.54. The van der Waals surface area contributed by atoms with Gasteiger partial charge in [-0.2, -0.15) is 0 Å². The third-order valence-corrected chi connectivity index (χ3v) is 2.91. The van der Waals surface area contributed by atoms with Gasteiger partial charge < -0.3 is 16.4 Å². The number of amides is 1. The highest BCUT2D eigenvalue weighted by Crippen LogP contribution is 2.40. The number of rotatable bonds is 6. The van der Waals surface area contributed by atoms with Gasteiger partial charge in [0.15, 0.2) is 0 Å². The second-order valence-electron chi connectivity index (χ2n) is 4.08. The molecule has 1 amide bonds. The van der Waals surface area contributed by atoms with Crippen LogP contribution < -0.4 is 16.4 Å². The van der Waals surface area contributed by atoms with Crippen LogP contribution in [0.15, 0.2) is 24.3 Å². The van der Waals surface area contributed by atoms with Crippen LogP contribution in [0.25, 0.3) is 0 Å². The van der Waals surface area contributed by atoms with Gasteiger partial charge in [-0.15, -0.1) is 0 Å². The quantitative estimate of drug-likeness (QED) is 0.616. The lowest BCUT2D eigenvalue weighted by molar-refractivity contribution is -0.105. The summed E-state index contributed by atoms with van der Waals surface area (Å²) in [4.78, 5) is 10.2. The maximum atomic E-state index is 10.2. The van der Waals surface area contributed by atoms with E-state index >= 15 is 0 Å². The topological polar surface area (TPSA) is 67.2 Å². The fraction of sp³-hybridized carbons (Fsp3) is 0.417. The van der Waals surface area contributed by atoms with Crippen molar-refractivity contribution in [1.82, 2.24) is 5.32 Å². The molecule has 0 saturated heterocycles. The first-order valence-corrected chi connectivity index (χ1v) is 5.58. The lowest BCUT2D eigenvalue weighted by Gasteiger charge is -2.04. The van der Waals surface area contributed by atoms with Gasteiger partial charge in [-0.3, -0.25) is 4.79 Å². The summed E-state index contributed by atoms with van der Waals surface area (Å²) in [5.41, 5.74) is 7.60. The molecular weight excluding hydrogens is 202 g/mol. The fourth-order valence-electron chi connectivity index (χ4n) is 1.95. The van der Waals surface area contributed by atoms with E-state index in [9.17, 15) is 4.79 Å². The number of carbonyl (C=O) groups excluding carboxylic acids is 1. The molecule has 2 unspecified atom stereocenters. The molecule has 86 valence electrons. The van der Waals surface area contributed by atoms with Crippen molar-refractivity contribution in [3.63, 3.8) is 0 Å². The van der Waals surface area contributed by atoms with Gasteiger partial charge in [0, 0.05) is 30.7 Å². The molecule has 0 bridgehead atoms. The normalized spacial score (nSPS) is 22.8. The average molecular weight is 219 g/mol. The largest absolute Gasteiger partial charge is 0.329 e. The molecule has 1 saturated carbocycles. The zero-order valence-electron chi connectivity index (χ0n) is 9.15. The van der Waals surface area contributed by atoms with Gasteiger partial charge in [-0.25, -0.2) is 0 Å². The van der Waals surface area contributed by atoms with Crippen LogP contribution in [0.2, 0.25) is 0 Å². The Morgan fingerprint density at radius 1 is 1.38 bits per heavy atom. The molecule has 2 atom stereocenters. The van der Waals surface area contributed by atoms with Crippen LogP contribution in [0.3, 0.4) is 0 Å². The van der Waals surface area contributed by atoms with E-state index in [2.05, 4.69) is 22.8 Å². The van der Waals surface area contributed by atoms with Crippen LogP contribution in [0.5, 0.6) is 0 Å². The van der Waals surface area contributed by atoms with Crippen molar-refractivity contribution in [3.05, 3.63) is 29.8 Å². The van der Waals surface area contributed by atoms with E-state index in [1.807, 2.05) is 12.1 Å². The number of anilines is 1. The molecule has 16 heavy (non-hydrogen) atoms. The lowest BCUT2D eigenvalue weighted by atomic mass is 10.1. The Hall–Kier alpha value is -1.39.